The maximum Gasteiger partial charge on any atom is 0.198 e. The zero-order valence-corrected chi connectivity index (χ0v) is 12.2. The van der Waals surface area contributed by atoms with E-state index in [0.717, 1.165) is 18.6 Å². The summed E-state index contributed by atoms with van der Waals surface area (Å²) in [5, 5.41) is 4.59. The number of methoxy groups -OCH3 is 1. The van der Waals surface area contributed by atoms with E-state index in [2.05, 4.69) is 5.10 Å². The smallest absolute Gasteiger partial charge is 0.198 e. The lowest BCUT2D eigenvalue weighted by Gasteiger charge is -2.21. The highest BCUT2D eigenvalue weighted by Crippen LogP contribution is 2.41. The van der Waals surface area contributed by atoms with E-state index in [-0.39, 0.29) is 10.5 Å². The molecular formula is C12H17ClN2O2S. The van der Waals surface area contributed by atoms with Gasteiger partial charge < -0.3 is 4.74 Å². The quantitative estimate of drug-likeness (QED) is 0.782. The third-order valence-corrected chi connectivity index (χ3v) is 5.01. The van der Waals surface area contributed by atoms with Crippen molar-refractivity contribution < 1.29 is 9.53 Å². The molecule has 6 heteroatoms. The van der Waals surface area contributed by atoms with Crippen LogP contribution in [0.15, 0.2) is 6.20 Å². The lowest BCUT2D eigenvalue weighted by atomic mass is 9.98. The number of aromatic nitrogens is 2. The number of nitrogens with zero attached hydrogens (tertiary/aromatic N) is 2. The van der Waals surface area contributed by atoms with Crippen molar-refractivity contribution in [3.8, 4) is 0 Å². The topological polar surface area (TPSA) is 44.1 Å². The zero-order chi connectivity index (χ0) is 13.2. The third kappa shape index (κ3) is 2.58. The largest absolute Gasteiger partial charge is 0.383 e. The van der Waals surface area contributed by atoms with Crippen LogP contribution in [0.4, 0.5) is 0 Å². The van der Waals surface area contributed by atoms with Crippen molar-refractivity contribution in [3.63, 3.8) is 0 Å². The van der Waals surface area contributed by atoms with Crippen LogP contribution in [0.2, 0.25) is 5.02 Å². The Morgan fingerprint density at radius 1 is 1.72 bits per heavy atom. The summed E-state index contributed by atoms with van der Waals surface area (Å²) in [6.45, 7) is 3.06. The second-order valence-corrected chi connectivity index (χ2v) is 6.57. The minimum Gasteiger partial charge on any atom is -0.383 e. The number of carbonyl (C=O) groups is 1. The first kappa shape index (κ1) is 13.9. The number of rotatable bonds is 5. The van der Waals surface area contributed by atoms with Crippen LogP contribution in [-0.2, 0) is 11.3 Å². The van der Waals surface area contributed by atoms with Crippen LogP contribution in [0, 0.1) is 0 Å². The highest BCUT2D eigenvalue weighted by atomic mass is 35.5. The summed E-state index contributed by atoms with van der Waals surface area (Å²) < 4.78 is 6.32. The number of hydrogen-bond acceptors (Lipinski definition) is 4. The van der Waals surface area contributed by atoms with Crippen LogP contribution in [0.1, 0.15) is 30.3 Å². The van der Waals surface area contributed by atoms with Crippen LogP contribution in [-0.4, -0.2) is 39.8 Å². The normalized spacial score (nSPS) is 23.5. The number of hydrogen-bond donors (Lipinski definition) is 0. The number of halogens is 1. The lowest BCUT2D eigenvalue weighted by molar-refractivity contribution is 0.0935. The third-order valence-electron chi connectivity index (χ3n) is 3.22. The molecular weight excluding hydrogens is 272 g/mol. The van der Waals surface area contributed by atoms with Crippen LogP contribution in [0.5, 0.6) is 0 Å². The van der Waals surface area contributed by atoms with E-state index in [1.165, 1.54) is 6.20 Å². The molecule has 0 saturated carbocycles. The molecule has 0 radical (unpaired) electrons. The fourth-order valence-corrected chi connectivity index (χ4v) is 3.63. The zero-order valence-electron chi connectivity index (χ0n) is 10.6. The summed E-state index contributed by atoms with van der Waals surface area (Å²) in [4.78, 5) is 12.6. The molecule has 1 saturated heterocycles. The van der Waals surface area contributed by atoms with Crippen molar-refractivity contribution in [2.75, 3.05) is 19.5 Å². The van der Waals surface area contributed by atoms with Gasteiger partial charge in [0, 0.05) is 7.11 Å². The van der Waals surface area contributed by atoms with E-state index < -0.39 is 0 Å². The highest BCUT2D eigenvalue weighted by Gasteiger charge is 2.40. The van der Waals surface area contributed by atoms with E-state index in [1.54, 1.807) is 23.6 Å². The summed E-state index contributed by atoms with van der Waals surface area (Å²) in [7, 11) is 1.63. The standard InChI is InChI=1S/C12H17ClN2O2S/c1-12(4-3-7-18-12)11(16)10-9(13)8-14-15(10)5-6-17-2/h8H,3-7H2,1-2H3. The second kappa shape index (κ2) is 5.63. The van der Waals surface area contributed by atoms with Gasteiger partial charge in [0.1, 0.15) is 5.69 Å². The van der Waals surface area contributed by atoms with E-state index in [1.807, 2.05) is 6.92 Å². The molecule has 0 spiro atoms. The number of ether oxygens (including phenoxy) is 1. The maximum atomic E-state index is 12.6. The Kier molecular flexibility index (Phi) is 4.35. The molecule has 1 fully saturated rings. The van der Waals surface area contributed by atoms with E-state index >= 15 is 0 Å². The Morgan fingerprint density at radius 3 is 3.11 bits per heavy atom. The Hall–Kier alpha value is -0.520. The number of Topliss-reactive ketones (excluding diaryl/α,β-unsaturated/α-hetero) is 1. The summed E-state index contributed by atoms with van der Waals surface area (Å²) in [6, 6.07) is 0. The molecule has 100 valence electrons. The van der Waals surface area contributed by atoms with Crippen molar-refractivity contribution in [2.24, 2.45) is 0 Å². The van der Waals surface area contributed by atoms with Crippen LogP contribution in [0.25, 0.3) is 0 Å². The Bertz CT molecular complexity index is 441. The van der Waals surface area contributed by atoms with Crippen molar-refractivity contribution in [2.45, 2.75) is 31.1 Å². The molecule has 2 heterocycles. The molecule has 1 aliphatic heterocycles. The first-order valence-corrected chi connectivity index (χ1v) is 7.34. The highest BCUT2D eigenvalue weighted by molar-refractivity contribution is 8.01. The van der Waals surface area contributed by atoms with Crippen LogP contribution in [0.3, 0.4) is 0 Å². The van der Waals surface area contributed by atoms with Crippen molar-refractivity contribution in [1.82, 2.24) is 9.78 Å². The van der Waals surface area contributed by atoms with Gasteiger partial charge in [0.15, 0.2) is 5.78 Å². The molecule has 18 heavy (non-hydrogen) atoms. The van der Waals surface area contributed by atoms with Gasteiger partial charge in [0.2, 0.25) is 0 Å². The van der Waals surface area contributed by atoms with Gasteiger partial charge in [-0.1, -0.05) is 11.6 Å². The minimum absolute atomic E-state index is 0.0867. The van der Waals surface area contributed by atoms with E-state index in [0.29, 0.717) is 23.9 Å². The molecule has 0 bridgehead atoms. The summed E-state index contributed by atoms with van der Waals surface area (Å²) in [5.41, 5.74) is 0.519. The molecule has 1 aromatic heterocycles. The molecule has 2 rings (SSSR count). The molecule has 1 unspecified atom stereocenters. The number of carbonyl (C=O) groups excluding carboxylic acids is 1. The van der Waals surface area contributed by atoms with Gasteiger partial charge in [0.05, 0.1) is 29.1 Å². The fourth-order valence-electron chi connectivity index (χ4n) is 2.14. The van der Waals surface area contributed by atoms with Crippen LogP contribution < -0.4 is 0 Å². The monoisotopic (exact) mass is 288 g/mol. The van der Waals surface area contributed by atoms with Gasteiger partial charge in [-0.25, -0.2) is 0 Å². The Balaban J connectivity index is 2.26. The van der Waals surface area contributed by atoms with Gasteiger partial charge in [-0.3, -0.25) is 9.48 Å². The molecule has 0 amide bonds. The second-order valence-electron chi connectivity index (χ2n) is 4.57. The average Bonchev–Trinajstić information content (AvgIpc) is 2.93. The Labute approximate surface area is 116 Å². The van der Waals surface area contributed by atoms with Gasteiger partial charge in [-0.05, 0) is 25.5 Å². The first-order chi connectivity index (χ1) is 8.58. The van der Waals surface area contributed by atoms with Crippen molar-refractivity contribution in [3.05, 3.63) is 16.9 Å². The van der Waals surface area contributed by atoms with Gasteiger partial charge >= 0.3 is 0 Å². The molecule has 0 aliphatic carbocycles. The van der Waals surface area contributed by atoms with E-state index in [9.17, 15) is 4.79 Å². The molecule has 4 nitrogen and oxygen atoms in total. The van der Waals surface area contributed by atoms with Gasteiger partial charge in [0.25, 0.3) is 0 Å². The lowest BCUT2D eigenvalue weighted by Crippen LogP contribution is -2.31. The van der Waals surface area contributed by atoms with Gasteiger partial charge in [-0.2, -0.15) is 5.10 Å². The van der Waals surface area contributed by atoms with Crippen LogP contribution >= 0.6 is 23.4 Å². The SMILES string of the molecule is COCCn1ncc(Cl)c1C(=O)C1(C)CCCS1. The predicted molar refractivity (Wildman–Crippen MR) is 73.5 cm³/mol. The summed E-state index contributed by atoms with van der Waals surface area (Å²) in [6.07, 6.45) is 3.52. The fraction of sp³-hybridized carbons (Fsp3) is 0.667. The van der Waals surface area contributed by atoms with E-state index in [4.69, 9.17) is 16.3 Å². The minimum atomic E-state index is -0.353. The summed E-state index contributed by atoms with van der Waals surface area (Å²) >= 11 is 7.82. The first-order valence-electron chi connectivity index (χ1n) is 5.97. The number of ketones is 1. The summed E-state index contributed by atoms with van der Waals surface area (Å²) in [5.74, 6) is 1.12. The van der Waals surface area contributed by atoms with Gasteiger partial charge in [-0.15, -0.1) is 11.8 Å². The van der Waals surface area contributed by atoms with Crippen molar-refractivity contribution >= 4 is 29.1 Å². The maximum absolute atomic E-state index is 12.6. The molecule has 0 aromatic carbocycles. The Morgan fingerprint density at radius 2 is 2.50 bits per heavy atom. The molecule has 1 atom stereocenters. The molecule has 1 aromatic rings. The molecule has 1 aliphatic rings. The van der Waals surface area contributed by atoms with Crippen molar-refractivity contribution in [1.29, 1.82) is 0 Å². The molecule has 0 N–H and O–H groups in total. The predicted octanol–water partition coefficient (Wildman–Crippen LogP) is 2.65. The average molecular weight is 289 g/mol. The number of thioether (sulfide) groups is 1.